The van der Waals surface area contributed by atoms with Gasteiger partial charge in [0.2, 0.25) is 0 Å². The molecule has 0 amide bonds. The smallest absolute Gasteiger partial charge is 0.136 e. The van der Waals surface area contributed by atoms with E-state index in [-0.39, 0.29) is 5.78 Å². The first-order valence-corrected chi connectivity index (χ1v) is 7.16. The van der Waals surface area contributed by atoms with E-state index in [2.05, 4.69) is 0 Å². The highest BCUT2D eigenvalue weighted by molar-refractivity contribution is 5.78. The predicted octanol–water partition coefficient (Wildman–Crippen LogP) is 3.37. The highest BCUT2D eigenvalue weighted by atomic mass is 16.5. The van der Waals surface area contributed by atoms with Crippen molar-refractivity contribution in [2.75, 3.05) is 13.2 Å². The van der Waals surface area contributed by atoms with Crippen LogP contribution in [0.3, 0.4) is 0 Å². The van der Waals surface area contributed by atoms with Crippen molar-refractivity contribution >= 4 is 5.78 Å². The predicted molar refractivity (Wildman–Crippen MR) is 74.4 cm³/mol. The lowest BCUT2D eigenvalue weighted by Crippen LogP contribution is -2.09. The van der Waals surface area contributed by atoms with Crippen LogP contribution in [0.5, 0.6) is 5.75 Å². The molecule has 1 aromatic carbocycles. The van der Waals surface area contributed by atoms with Crippen molar-refractivity contribution in [2.45, 2.75) is 44.6 Å². The molecule has 0 aliphatic carbocycles. The van der Waals surface area contributed by atoms with Crippen molar-refractivity contribution in [3.05, 3.63) is 30.3 Å². The van der Waals surface area contributed by atoms with Crippen molar-refractivity contribution in [1.29, 1.82) is 0 Å². The molecule has 104 valence electrons. The monoisotopic (exact) mass is 262 g/mol. The van der Waals surface area contributed by atoms with Gasteiger partial charge in [0.05, 0.1) is 12.7 Å². The second-order valence-electron chi connectivity index (χ2n) is 4.98. The van der Waals surface area contributed by atoms with Crippen LogP contribution in [0.15, 0.2) is 30.3 Å². The van der Waals surface area contributed by atoms with Gasteiger partial charge in [0.15, 0.2) is 0 Å². The number of hydrogen-bond donors (Lipinski definition) is 0. The Morgan fingerprint density at radius 2 is 2.11 bits per heavy atom. The van der Waals surface area contributed by atoms with Gasteiger partial charge in [-0.25, -0.2) is 0 Å². The fourth-order valence-electron chi connectivity index (χ4n) is 2.32. The zero-order chi connectivity index (χ0) is 13.3. The van der Waals surface area contributed by atoms with E-state index in [1.165, 1.54) is 6.42 Å². The van der Waals surface area contributed by atoms with E-state index in [0.717, 1.165) is 31.6 Å². The summed E-state index contributed by atoms with van der Waals surface area (Å²) < 4.78 is 11.0. The van der Waals surface area contributed by atoms with E-state index in [0.29, 0.717) is 25.6 Å². The molecular weight excluding hydrogens is 240 g/mol. The second kappa shape index (κ2) is 7.95. The first-order valence-electron chi connectivity index (χ1n) is 7.16. The molecule has 0 saturated carbocycles. The summed E-state index contributed by atoms with van der Waals surface area (Å²) in [5.74, 6) is 1.11. The topological polar surface area (TPSA) is 35.5 Å². The Balaban J connectivity index is 1.52. The summed E-state index contributed by atoms with van der Waals surface area (Å²) in [6.45, 7) is 1.37. The summed E-state index contributed by atoms with van der Waals surface area (Å²) in [5.41, 5.74) is 0. The third kappa shape index (κ3) is 5.43. The minimum absolute atomic E-state index is 0.286. The van der Waals surface area contributed by atoms with Crippen molar-refractivity contribution in [1.82, 2.24) is 0 Å². The minimum atomic E-state index is 0.286. The average Bonchev–Trinajstić information content (AvgIpc) is 2.93. The zero-order valence-electron chi connectivity index (χ0n) is 11.3. The number of carbonyl (C=O) groups is 1. The van der Waals surface area contributed by atoms with Gasteiger partial charge in [0.25, 0.3) is 0 Å². The molecule has 1 unspecified atom stereocenters. The van der Waals surface area contributed by atoms with Crippen LogP contribution in [0, 0.1) is 0 Å². The van der Waals surface area contributed by atoms with Crippen LogP contribution in [0.2, 0.25) is 0 Å². The number of para-hydroxylation sites is 1. The Morgan fingerprint density at radius 1 is 1.26 bits per heavy atom. The van der Waals surface area contributed by atoms with Crippen molar-refractivity contribution in [3.63, 3.8) is 0 Å². The van der Waals surface area contributed by atoms with Gasteiger partial charge in [-0.05, 0) is 37.8 Å². The van der Waals surface area contributed by atoms with E-state index in [1.54, 1.807) is 0 Å². The molecule has 0 aromatic heterocycles. The maximum Gasteiger partial charge on any atom is 0.136 e. The normalized spacial score (nSPS) is 18.4. The summed E-state index contributed by atoms with van der Waals surface area (Å²) in [6.07, 6.45) is 5.83. The number of carbonyl (C=O) groups excluding carboxylic acids is 1. The third-order valence-corrected chi connectivity index (χ3v) is 3.40. The van der Waals surface area contributed by atoms with Gasteiger partial charge in [-0.15, -0.1) is 0 Å². The molecule has 0 N–H and O–H groups in total. The van der Waals surface area contributed by atoms with Gasteiger partial charge in [-0.3, -0.25) is 4.79 Å². The van der Waals surface area contributed by atoms with Gasteiger partial charge in [-0.2, -0.15) is 0 Å². The number of ketones is 1. The SMILES string of the molecule is O=C(CCCC1CCCO1)CCOc1ccccc1. The summed E-state index contributed by atoms with van der Waals surface area (Å²) in [5, 5.41) is 0. The summed E-state index contributed by atoms with van der Waals surface area (Å²) >= 11 is 0. The van der Waals surface area contributed by atoms with Crippen molar-refractivity contribution in [3.8, 4) is 5.75 Å². The minimum Gasteiger partial charge on any atom is -0.493 e. The maximum absolute atomic E-state index is 11.7. The summed E-state index contributed by atoms with van der Waals surface area (Å²) in [7, 11) is 0. The lowest BCUT2D eigenvalue weighted by Gasteiger charge is -2.08. The molecule has 3 heteroatoms. The van der Waals surface area contributed by atoms with E-state index >= 15 is 0 Å². The molecule has 2 rings (SSSR count). The van der Waals surface area contributed by atoms with Crippen LogP contribution in [-0.4, -0.2) is 25.1 Å². The van der Waals surface area contributed by atoms with Gasteiger partial charge in [-0.1, -0.05) is 18.2 Å². The second-order valence-corrected chi connectivity index (χ2v) is 4.98. The number of benzene rings is 1. The lowest BCUT2D eigenvalue weighted by atomic mass is 10.1. The Labute approximate surface area is 114 Å². The number of Topliss-reactive ketones (excluding diaryl/α,β-unsaturated/α-hetero) is 1. The fraction of sp³-hybridized carbons (Fsp3) is 0.562. The van der Waals surface area contributed by atoms with Crippen LogP contribution >= 0.6 is 0 Å². The van der Waals surface area contributed by atoms with Crippen molar-refractivity contribution in [2.24, 2.45) is 0 Å². The number of rotatable bonds is 8. The third-order valence-electron chi connectivity index (χ3n) is 3.40. The summed E-state index contributed by atoms with van der Waals surface area (Å²) in [4.78, 5) is 11.7. The number of ether oxygens (including phenoxy) is 2. The molecule has 0 radical (unpaired) electrons. The van der Waals surface area contributed by atoms with Gasteiger partial charge < -0.3 is 9.47 Å². The molecule has 0 bridgehead atoms. The Kier molecular flexibility index (Phi) is 5.89. The molecular formula is C16H22O3. The van der Waals surface area contributed by atoms with Gasteiger partial charge >= 0.3 is 0 Å². The Bertz CT molecular complexity index is 369. The fourth-order valence-corrected chi connectivity index (χ4v) is 2.32. The molecule has 1 aliphatic heterocycles. The molecule has 1 fully saturated rings. The van der Waals surface area contributed by atoms with Crippen LogP contribution in [0.4, 0.5) is 0 Å². The highest BCUT2D eigenvalue weighted by Gasteiger charge is 2.15. The molecule has 3 nitrogen and oxygen atoms in total. The molecule has 1 heterocycles. The van der Waals surface area contributed by atoms with E-state index in [1.807, 2.05) is 30.3 Å². The maximum atomic E-state index is 11.7. The Hall–Kier alpha value is -1.35. The zero-order valence-corrected chi connectivity index (χ0v) is 11.3. The molecule has 1 atom stereocenters. The first-order chi connectivity index (χ1) is 9.34. The molecule has 19 heavy (non-hydrogen) atoms. The van der Waals surface area contributed by atoms with Crippen molar-refractivity contribution < 1.29 is 14.3 Å². The van der Waals surface area contributed by atoms with E-state index < -0.39 is 0 Å². The molecule has 1 aliphatic rings. The largest absolute Gasteiger partial charge is 0.493 e. The molecule has 0 spiro atoms. The van der Waals surface area contributed by atoms with Crippen LogP contribution < -0.4 is 4.74 Å². The molecule has 1 aromatic rings. The van der Waals surface area contributed by atoms with Crippen LogP contribution in [0.25, 0.3) is 0 Å². The highest BCUT2D eigenvalue weighted by Crippen LogP contribution is 2.18. The average molecular weight is 262 g/mol. The van der Waals surface area contributed by atoms with Crippen LogP contribution in [0.1, 0.15) is 38.5 Å². The van der Waals surface area contributed by atoms with E-state index in [9.17, 15) is 4.79 Å². The first kappa shape index (κ1) is 14.1. The lowest BCUT2D eigenvalue weighted by molar-refractivity contribution is -0.119. The Morgan fingerprint density at radius 3 is 2.84 bits per heavy atom. The number of hydrogen-bond acceptors (Lipinski definition) is 3. The molecule has 1 saturated heterocycles. The standard InChI is InChI=1S/C16H22O3/c17-14(6-4-9-16-10-5-12-18-16)11-13-19-15-7-2-1-3-8-15/h1-3,7-8,16H,4-6,9-13H2. The van der Waals surface area contributed by atoms with Gasteiger partial charge in [0.1, 0.15) is 11.5 Å². The van der Waals surface area contributed by atoms with Gasteiger partial charge in [0, 0.05) is 19.4 Å². The summed E-state index contributed by atoms with van der Waals surface area (Å²) in [6, 6.07) is 9.62. The van der Waals surface area contributed by atoms with E-state index in [4.69, 9.17) is 9.47 Å². The van der Waals surface area contributed by atoms with Crippen LogP contribution in [-0.2, 0) is 9.53 Å². The quantitative estimate of drug-likeness (QED) is 0.720.